The maximum absolute atomic E-state index is 12.0. The van der Waals surface area contributed by atoms with Gasteiger partial charge in [0.25, 0.3) is 0 Å². The number of nitriles is 1. The Morgan fingerprint density at radius 2 is 2.29 bits per heavy atom. The third-order valence-corrected chi connectivity index (χ3v) is 3.06. The second-order valence-corrected chi connectivity index (χ2v) is 5.10. The van der Waals surface area contributed by atoms with E-state index in [1.54, 1.807) is 0 Å². The van der Waals surface area contributed by atoms with Crippen molar-refractivity contribution in [2.24, 2.45) is 5.92 Å². The quantitative estimate of drug-likeness (QED) is 0.789. The molecule has 1 unspecified atom stereocenters. The number of hydrogen-bond acceptors (Lipinski definition) is 3. The number of nitrogens with zero attached hydrogens (tertiary/aromatic N) is 2. The number of amides is 1. The second-order valence-electron chi connectivity index (χ2n) is 5.10. The summed E-state index contributed by atoms with van der Waals surface area (Å²) in [6.07, 6.45) is 3.57. The summed E-state index contributed by atoms with van der Waals surface area (Å²) in [6, 6.07) is 2.13. The van der Waals surface area contributed by atoms with E-state index in [4.69, 9.17) is 5.26 Å². The molecule has 0 spiro atoms. The van der Waals surface area contributed by atoms with Gasteiger partial charge in [0.1, 0.15) is 0 Å². The van der Waals surface area contributed by atoms with Crippen molar-refractivity contribution < 1.29 is 4.79 Å². The Bertz CT molecular complexity index is 283. The topological polar surface area (TPSA) is 56.1 Å². The molecular weight excluding hydrogens is 214 g/mol. The van der Waals surface area contributed by atoms with Crippen molar-refractivity contribution in [3.05, 3.63) is 0 Å². The van der Waals surface area contributed by atoms with Gasteiger partial charge in [-0.15, -0.1) is 0 Å². The summed E-state index contributed by atoms with van der Waals surface area (Å²) in [4.78, 5) is 14.1. The van der Waals surface area contributed by atoms with E-state index in [-0.39, 0.29) is 11.9 Å². The fourth-order valence-corrected chi connectivity index (χ4v) is 2.31. The molecule has 0 saturated carbocycles. The highest BCUT2D eigenvalue weighted by molar-refractivity contribution is 5.81. The predicted molar refractivity (Wildman–Crippen MR) is 67.3 cm³/mol. The Morgan fingerprint density at radius 3 is 2.94 bits per heavy atom. The van der Waals surface area contributed by atoms with Crippen LogP contribution in [0, 0.1) is 17.2 Å². The number of hydrogen-bond donors (Lipinski definition) is 1. The van der Waals surface area contributed by atoms with E-state index in [0.717, 1.165) is 32.4 Å². The van der Waals surface area contributed by atoms with Crippen molar-refractivity contribution in [1.29, 1.82) is 5.26 Å². The summed E-state index contributed by atoms with van der Waals surface area (Å²) in [5.41, 5.74) is 0. The van der Waals surface area contributed by atoms with E-state index < -0.39 is 0 Å². The van der Waals surface area contributed by atoms with Crippen LogP contribution in [0.15, 0.2) is 0 Å². The number of nitrogens with one attached hydrogen (secondary N) is 1. The summed E-state index contributed by atoms with van der Waals surface area (Å²) in [6.45, 7) is 6.68. The van der Waals surface area contributed by atoms with Crippen LogP contribution < -0.4 is 5.32 Å². The first-order chi connectivity index (χ1) is 8.15. The Morgan fingerprint density at radius 1 is 1.53 bits per heavy atom. The monoisotopic (exact) mass is 237 g/mol. The largest absolute Gasteiger partial charge is 0.355 e. The van der Waals surface area contributed by atoms with Crippen LogP contribution in [-0.4, -0.2) is 36.5 Å². The Balaban J connectivity index is 2.64. The lowest BCUT2D eigenvalue weighted by Gasteiger charge is -2.30. The maximum Gasteiger partial charge on any atom is 0.237 e. The molecular formula is C13H23N3O. The first-order valence-electron chi connectivity index (χ1n) is 6.54. The molecule has 0 aliphatic carbocycles. The van der Waals surface area contributed by atoms with Gasteiger partial charge in [-0.2, -0.15) is 5.26 Å². The molecule has 0 aromatic heterocycles. The SMILES string of the molecule is CC(C)CN(CCC#N)C1CCCCNC1=O. The van der Waals surface area contributed by atoms with Crippen LogP contribution in [0.1, 0.15) is 39.5 Å². The smallest absolute Gasteiger partial charge is 0.237 e. The summed E-state index contributed by atoms with van der Waals surface area (Å²) in [7, 11) is 0. The van der Waals surface area contributed by atoms with Gasteiger partial charge in [0.2, 0.25) is 5.91 Å². The lowest BCUT2D eigenvalue weighted by Crippen LogP contribution is -2.47. The average molecular weight is 237 g/mol. The fourth-order valence-electron chi connectivity index (χ4n) is 2.31. The van der Waals surface area contributed by atoms with Crippen molar-refractivity contribution in [2.45, 2.75) is 45.6 Å². The summed E-state index contributed by atoms with van der Waals surface area (Å²) >= 11 is 0. The molecule has 1 saturated heterocycles. The van der Waals surface area contributed by atoms with E-state index >= 15 is 0 Å². The fraction of sp³-hybridized carbons (Fsp3) is 0.846. The Labute approximate surface area is 104 Å². The zero-order valence-electron chi connectivity index (χ0n) is 10.9. The van der Waals surface area contributed by atoms with E-state index in [2.05, 4.69) is 30.1 Å². The third-order valence-electron chi connectivity index (χ3n) is 3.06. The maximum atomic E-state index is 12.0. The predicted octanol–water partition coefficient (Wildman–Crippen LogP) is 1.53. The molecule has 1 amide bonds. The van der Waals surface area contributed by atoms with Crippen LogP contribution in [0.5, 0.6) is 0 Å². The van der Waals surface area contributed by atoms with E-state index in [1.807, 2.05) is 0 Å². The summed E-state index contributed by atoms with van der Waals surface area (Å²) in [5.74, 6) is 0.658. The highest BCUT2D eigenvalue weighted by Gasteiger charge is 2.27. The molecule has 1 rings (SSSR count). The van der Waals surface area contributed by atoms with Crippen molar-refractivity contribution in [2.75, 3.05) is 19.6 Å². The van der Waals surface area contributed by atoms with Gasteiger partial charge in [-0.05, 0) is 25.2 Å². The lowest BCUT2D eigenvalue weighted by atomic mass is 10.1. The van der Waals surface area contributed by atoms with Gasteiger partial charge < -0.3 is 5.32 Å². The van der Waals surface area contributed by atoms with E-state index in [1.165, 1.54) is 0 Å². The van der Waals surface area contributed by atoms with Crippen molar-refractivity contribution >= 4 is 5.91 Å². The molecule has 1 fully saturated rings. The van der Waals surface area contributed by atoms with Gasteiger partial charge in [0.15, 0.2) is 0 Å². The molecule has 4 nitrogen and oxygen atoms in total. The van der Waals surface area contributed by atoms with Gasteiger partial charge >= 0.3 is 0 Å². The first-order valence-corrected chi connectivity index (χ1v) is 6.54. The molecule has 0 radical (unpaired) electrons. The van der Waals surface area contributed by atoms with Crippen LogP contribution in [0.25, 0.3) is 0 Å². The molecule has 0 aromatic rings. The normalized spacial score (nSPS) is 21.1. The molecule has 1 heterocycles. The molecule has 17 heavy (non-hydrogen) atoms. The minimum atomic E-state index is -0.0340. The van der Waals surface area contributed by atoms with Crippen LogP contribution in [0.2, 0.25) is 0 Å². The first kappa shape index (κ1) is 14.0. The summed E-state index contributed by atoms with van der Waals surface area (Å²) < 4.78 is 0. The number of rotatable bonds is 5. The Kier molecular flexibility index (Phi) is 5.99. The zero-order chi connectivity index (χ0) is 12.7. The highest BCUT2D eigenvalue weighted by Crippen LogP contribution is 2.14. The second kappa shape index (κ2) is 7.29. The summed E-state index contributed by atoms with van der Waals surface area (Å²) in [5, 5.41) is 11.7. The molecule has 0 bridgehead atoms. The molecule has 4 heteroatoms. The standard InChI is InChI=1S/C13H23N3O/c1-11(2)10-16(9-5-7-14)12-6-3-4-8-15-13(12)17/h11-12H,3-6,8-10H2,1-2H3,(H,15,17). The number of carbonyl (C=O) groups is 1. The molecule has 1 N–H and O–H groups in total. The molecule has 1 atom stereocenters. The molecule has 0 aromatic carbocycles. The van der Waals surface area contributed by atoms with Gasteiger partial charge in [-0.1, -0.05) is 13.8 Å². The van der Waals surface area contributed by atoms with Crippen molar-refractivity contribution in [1.82, 2.24) is 10.2 Å². The van der Waals surface area contributed by atoms with Gasteiger partial charge in [-0.3, -0.25) is 9.69 Å². The molecule has 96 valence electrons. The van der Waals surface area contributed by atoms with Gasteiger partial charge in [0, 0.05) is 26.1 Å². The van der Waals surface area contributed by atoms with Gasteiger partial charge in [0.05, 0.1) is 12.1 Å². The van der Waals surface area contributed by atoms with Crippen molar-refractivity contribution in [3.8, 4) is 6.07 Å². The molecule has 1 aliphatic heterocycles. The lowest BCUT2D eigenvalue weighted by molar-refractivity contribution is -0.126. The van der Waals surface area contributed by atoms with Gasteiger partial charge in [-0.25, -0.2) is 0 Å². The van der Waals surface area contributed by atoms with E-state index in [9.17, 15) is 4.79 Å². The van der Waals surface area contributed by atoms with Crippen molar-refractivity contribution in [3.63, 3.8) is 0 Å². The minimum absolute atomic E-state index is 0.0340. The highest BCUT2D eigenvalue weighted by atomic mass is 16.2. The van der Waals surface area contributed by atoms with Crippen LogP contribution >= 0.6 is 0 Å². The van der Waals surface area contributed by atoms with Crippen LogP contribution in [0.3, 0.4) is 0 Å². The molecule has 1 aliphatic rings. The Hall–Kier alpha value is -1.08. The number of carbonyl (C=O) groups excluding carboxylic acids is 1. The van der Waals surface area contributed by atoms with Crippen LogP contribution in [-0.2, 0) is 4.79 Å². The average Bonchev–Trinajstić information content (AvgIpc) is 2.49. The third kappa shape index (κ3) is 4.74. The minimum Gasteiger partial charge on any atom is -0.355 e. The van der Waals surface area contributed by atoms with Crippen LogP contribution in [0.4, 0.5) is 0 Å². The zero-order valence-corrected chi connectivity index (χ0v) is 10.9. The van der Waals surface area contributed by atoms with E-state index in [0.29, 0.717) is 18.9 Å².